The van der Waals surface area contributed by atoms with E-state index in [4.69, 9.17) is 39.5 Å². The maximum absolute atomic E-state index is 13.0. The molecule has 0 aliphatic rings. The molecule has 30 heavy (non-hydrogen) atoms. The van der Waals surface area contributed by atoms with Crippen LogP contribution in [0.25, 0.3) is 0 Å². The van der Waals surface area contributed by atoms with Gasteiger partial charge in [0.25, 0.3) is 5.91 Å². The highest BCUT2D eigenvalue weighted by Gasteiger charge is 2.27. The van der Waals surface area contributed by atoms with Crippen LogP contribution in [0, 0.1) is 5.92 Å². The summed E-state index contributed by atoms with van der Waals surface area (Å²) in [4.78, 5) is 27.1. The van der Waals surface area contributed by atoms with E-state index in [-0.39, 0.29) is 30.9 Å². The van der Waals surface area contributed by atoms with Crippen molar-refractivity contribution < 1.29 is 14.3 Å². The van der Waals surface area contributed by atoms with Crippen LogP contribution in [0.2, 0.25) is 15.1 Å². The quantitative estimate of drug-likeness (QED) is 0.546. The maximum Gasteiger partial charge on any atom is 0.261 e. The molecular formula is C22H25Cl3N2O3. The number of hydrogen-bond donors (Lipinski definition) is 1. The van der Waals surface area contributed by atoms with Crippen molar-refractivity contribution in [3.05, 3.63) is 63.1 Å². The Kier molecular flexibility index (Phi) is 9.28. The molecule has 0 fully saturated rings. The molecule has 1 N–H and O–H groups in total. The number of rotatable bonds is 9. The molecule has 1 atom stereocenters. The van der Waals surface area contributed by atoms with Crippen LogP contribution in [-0.4, -0.2) is 35.9 Å². The van der Waals surface area contributed by atoms with Crippen molar-refractivity contribution >= 4 is 46.6 Å². The van der Waals surface area contributed by atoms with E-state index in [0.29, 0.717) is 32.9 Å². The number of hydrogen-bond acceptors (Lipinski definition) is 3. The molecule has 0 heterocycles. The minimum Gasteiger partial charge on any atom is -0.484 e. The predicted molar refractivity (Wildman–Crippen MR) is 121 cm³/mol. The normalized spacial score (nSPS) is 11.8. The van der Waals surface area contributed by atoms with E-state index in [0.717, 1.165) is 0 Å². The summed E-state index contributed by atoms with van der Waals surface area (Å²) in [6, 6.07) is 11.1. The van der Waals surface area contributed by atoms with Gasteiger partial charge in [0, 0.05) is 33.7 Å². The lowest BCUT2D eigenvalue weighted by atomic mass is 10.1. The molecule has 2 amide bonds. The van der Waals surface area contributed by atoms with Gasteiger partial charge in [0.05, 0.1) is 0 Å². The lowest BCUT2D eigenvalue weighted by molar-refractivity contribution is -0.142. The summed E-state index contributed by atoms with van der Waals surface area (Å²) in [6.45, 7) is 6.01. The first kappa shape index (κ1) is 24.3. The Labute approximate surface area is 192 Å². The van der Waals surface area contributed by atoms with Crippen molar-refractivity contribution in [1.29, 1.82) is 0 Å². The predicted octanol–water partition coefficient (Wildman–Crippen LogP) is 5.22. The molecule has 162 valence electrons. The van der Waals surface area contributed by atoms with Crippen molar-refractivity contribution in [1.82, 2.24) is 10.2 Å². The summed E-state index contributed by atoms with van der Waals surface area (Å²) < 4.78 is 5.58. The van der Waals surface area contributed by atoms with Crippen LogP contribution in [0.3, 0.4) is 0 Å². The molecular weight excluding hydrogens is 447 g/mol. The molecule has 0 aliphatic heterocycles. The van der Waals surface area contributed by atoms with Crippen LogP contribution >= 0.6 is 34.8 Å². The minimum absolute atomic E-state index is 0.0809. The standard InChI is InChI=1S/C22H25Cl3N2O3/c1-14(2)11-26-22(29)15(3)27(12-18-19(24)5-4-6-20(18)25)21(28)13-30-17-9-7-16(23)8-10-17/h4-10,14-15H,11-13H2,1-3H3,(H,26,29)/t15-/m0/s1. The highest BCUT2D eigenvalue weighted by atomic mass is 35.5. The molecule has 0 saturated carbocycles. The molecule has 2 aromatic rings. The van der Waals surface area contributed by atoms with Gasteiger partial charge in [-0.05, 0) is 49.2 Å². The van der Waals surface area contributed by atoms with Crippen molar-refractivity contribution in [2.45, 2.75) is 33.4 Å². The zero-order chi connectivity index (χ0) is 22.3. The van der Waals surface area contributed by atoms with E-state index < -0.39 is 6.04 Å². The van der Waals surface area contributed by atoms with E-state index in [1.807, 2.05) is 13.8 Å². The molecule has 0 unspecified atom stereocenters. The first-order valence-corrected chi connectivity index (χ1v) is 10.7. The smallest absolute Gasteiger partial charge is 0.261 e. The topological polar surface area (TPSA) is 58.6 Å². The molecule has 0 aliphatic carbocycles. The van der Waals surface area contributed by atoms with Crippen LogP contribution in [0.1, 0.15) is 26.3 Å². The number of nitrogens with zero attached hydrogens (tertiary/aromatic N) is 1. The van der Waals surface area contributed by atoms with Crippen LogP contribution in [0.4, 0.5) is 0 Å². The molecule has 0 aromatic heterocycles. The Hall–Kier alpha value is -1.95. The summed E-state index contributed by atoms with van der Waals surface area (Å²) in [5.74, 6) is 0.164. The maximum atomic E-state index is 13.0. The zero-order valence-electron chi connectivity index (χ0n) is 17.1. The van der Waals surface area contributed by atoms with Crippen molar-refractivity contribution in [3.63, 3.8) is 0 Å². The fourth-order valence-electron chi connectivity index (χ4n) is 2.65. The van der Waals surface area contributed by atoms with Gasteiger partial charge in [-0.25, -0.2) is 0 Å². The van der Waals surface area contributed by atoms with Gasteiger partial charge in [0.1, 0.15) is 11.8 Å². The van der Waals surface area contributed by atoms with E-state index in [9.17, 15) is 9.59 Å². The van der Waals surface area contributed by atoms with Gasteiger partial charge in [-0.1, -0.05) is 54.7 Å². The van der Waals surface area contributed by atoms with Gasteiger partial charge >= 0.3 is 0 Å². The summed E-state index contributed by atoms with van der Waals surface area (Å²) in [7, 11) is 0. The second-order valence-corrected chi connectivity index (χ2v) is 8.53. The third-order valence-electron chi connectivity index (χ3n) is 4.42. The highest BCUT2D eigenvalue weighted by Crippen LogP contribution is 2.26. The van der Waals surface area contributed by atoms with Gasteiger partial charge in [-0.15, -0.1) is 0 Å². The Balaban J connectivity index is 2.19. The Morgan fingerprint density at radius 3 is 2.17 bits per heavy atom. The molecule has 0 bridgehead atoms. The number of carbonyl (C=O) groups is 2. The SMILES string of the molecule is CC(C)CNC(=O)[C@H](C)N(Cc1c(Cl)cccc1Cl)C(=O)COc1ccc(Cl)cc1. The largest absolute Gasteiger partial charge is 0.484 e. The highest BCUT2D eigenvalue weighted by molar-refractivity contribution is 6.36. The number of halogens is 3. The first-order chi connectivity index (χ1) is 14.2. The number of nitrogens with one attached hydrogen (secondary N) is 1. The summed E-state index contributed by atoms with van der Waals surface area (Å²) >= 11 is 18.4. The Morgan fingerprint density at radius 1 is 1.00 bits per heavy atom. The van der Waals surface area contributed by atoms with Gasteiger partial charge < -0.3 is 15.0 Å². The van der Waals surface area contributed by atoms with Gasteiger partial charge in [-0.3, -0.25) is 9.59 Å². The number of amides is 2. The second-order valence-electron chi connectivity index (χ2n) is 7.28. The average molecular weight is 472 g/mol. The molecule has 2 rings (SSSR count). The van der Waals surface area contributed by atoms with E-state index in [1.165, 1.54) is 4.90 Å². The average Bonchev–Trinajstić information content (AvgIpc) is 2.70. The first-order valence-electron chi connectivity index (χ1n) is 9.57. The van der Waals surface area contributed by atoms with Gasteiger partial charge in [-0.2, -0.15) is 0 Å². The molecule has 2 aromatic carbocycles. The summed E-state index contributed by atoms with van der Waals surface area (Å²) in [5, 5.41) is 4.28. The summed E-state index contributed by atoms with van der Waals surface area (Å²) in [5.41, 5.74) is 0.573. The van der Waals surface area contributed by atoms with Crippen molar-refractivity contribution in [2.75, 3.05) is 13.2 Å². The fraction of sp³-hybridized carbons (Fsp3) is 0.364. The summed E-state index contributed by atoms with van der Waals surface area (Å²) in [6.07, 6.45) is 0. The molecule has 5 nitrogen and oxygen atoms in total. The molecule has 0 spiro atoms. The molecule has 0 radical (unpaired) electrons. The Morgan fingerprint density at radius 2 is 1.60 bits per heavy atom. The van der Waals surface area contributed by atoms with E-state index >= 15 is 0 Å². The van der Waals surface area contributed by atoms with Crippen molar-refractivity contribution in [3.8, 4) is 5.75 Å². The fourth-order valence-corrected chi connectivity index (χ4v) is 3.29. The number of carbonyl (C=O) groups excluding carboxylic acids is 2. The van der Waals surface area contributed by atoms with Gasteiger partial charge in [0.2, 0.25) is 5.91 Å². The monoisotopic (exact) mass is 470 g/mol. The number of ether oxygens (including phenoxy) is 1. The van der Waals surface area contributed by atoms with Crippen LogP contribution in [-0.2, 0) is 16.1 Å². The van der Waals surface area contributed by atoms with Crippen LogP contribution < -0.4 is 10.1 Å². The lowest BCUT2D eigenvalue weighted by Crippen LogP contribution is -2.49. The van der Waals surface area contributed by atoms with E-state index in [1.54, 1.807) is 49.4 Å². The molecule has 8 heteroatoms. The second kappa shape index (κ2) is 11.4. The third kappa shape index (κ3) is 7.08. The minimum atomic E-state index is -0.739. The van der Waals surface area contributed by atoms with Crippen molar-refractivity contribution in [2.24, 2.45) is 5.92 Å². The van der Waals surface area contributed by atoms with E-state index in [2.05, 4.69) is 5.32 Å². The van der Waals surface area contributed by atoms with Crippen LogP contribution in [0.15, 0.2) is 42.5 Å². The molecule has 0 saturated heterocycles. The zero-order valence-corrected chi connectivity index (χ0v) is 19.4. The van der Waals surface area contributed by atoms with Crippen LogP contribution in [0.5, 0.6) is 5.75 Å². The third-order valence-corrected chi connectivity index (χ3v) is 5.38. The lowest BCUT2D eigenvalue weighted by Gasteiger charge is -2.29. The van der Waals surface area contributed by atoms with Gasteiger partial charge in [0.15, 0.2) is 6.61 Å². The number of benzene rings is 2. The Bertz CT molecular complexity index is 852.